The normalized spacial score (nSPS) is 14.9. The van der Waals surface area contributed by atoms with E-state index in [1.165, 1.54) is 21.1 Å². The number of hydrogen-bond acceptors (Lipinski definition) is 16. The van der Waals surface area contributed by atoms with Crippen molar-refractivity contribution in [2.45, 2.75) is 49.7 Å². The third kappa shape index (κ3) is 57.8. The van der Waals surface area contributed by atoms with Crippen LogP contribution in [0.3, 0.4) is 0 Å². The molecule has 19 nitrogen and oxygen atoms in total. The van der Waals surface area contributed by atoms with E-state index in [0.717, 1.165) is 7.11 Å². The number of carbonyl (C=O) groups excluding carboxylic acids is 1. The summed E-state index contributed by atoms with van der Waals surface area (Å²) in [6.07, 6.45) is -3.91. The summed E-state index contributed by atoms with van der Waals surface area (Å²) in [5, 5.41) is 63.7. The summed E-state index contributed by atoms with van der Waals surface area (Å²) < 4.78 is 44.4. The van der Waals surface area contributed by atoms with E-state index >= 15 is 0 Å². The molecule has 7 unspecified atom stereocenters. The van der Waals surface area contributed by atoms with Gasteiger partial charge >= 0.3 is 5.97 Å². The summed E-state index contributed by atoms with van der Waals surface area (Å²) in [5.41, 5.74) is 0. The highest BCUT2D eigenvalue weighted by molar-refractivity contribution is 5.65. The van der Waals surface area contributed by atoms with Crippen LogP contribution in [0.2, 0.25) is 0 Å². The van der Waals surface area contributed by atoms with Crippen molar-refractivity contribution in [3.05, 3.63) is 0 Å². The predicted molar refractivity (Wildman–Crippen MR) is 207 cm³/mol. The number of rotatable bonds is 29. The summed E-state index contributed by atoms with van der Waals surface area (Å²) in [6, 6.07) is 0. The van der Waals surface area contributed by atoms with Crippen molar-refractivity contribution in [3.8, 4) is 0 Å². The maximum Gasteiger partial charge on any atom is 0.302 e. The molecule has 0 aliphatic heterocycles. The number of halogens is 3. The van der Waals surface area contributed by atoms with E-state index in [4.69, 9.17) is 53.6 Å². The second-order valence-electron chi connectivity index (χ2n) is 15.9. The molecule has 0 aromatic heterocycles. The Morgan fingerprint density at radius 3 is 1.07 bits per heavy atom. The number of aliphatic hydroxyl groups is 7. The van der Waals surface area contributed by atoms with E-state index in [1.807, 2.05) is 63.4 Å². The van der Waals surface area contributed by atoms with Gasteiger partial charge in [-0.3, -0.25) is 4.79 Å². The molecule has 0 aliphatic carbocycles. The summed E-state index contributed by atoms with van der Waals surface area (Å²) in [6.45, 7) is 4.40. The van der Waals surface area contributed by atoms with Gasteiger partial charge < -0.3 is 124 Å². The Balaban J connectivity index is -0.000000196. The third-order valence-corrected chi connectivity index (χ3v) is 6.48. The van der Waals surface area contributed by atoms with Crippen molar-refractivity contribution in [1.29, 1.82) is 0 Å². The van der Waals surface area contributed by atoms with Gasteiger partial charge in [0.2, 0.25) is 0 Å². The Labute approximate surface area is 368 Å². The van der Waals surface area contributed by atoms with E-state index in [0.29, 0.717) is 39.7 Å². The highest BCUT2D eigenvalue weighted by Gasteiger charge is 2.22. The van der Waals surface area contributed by atoms with Crippen LogP contribution in [0, 0.1) is 0 Å². The lowest BCUT2D eigenvalue weighted by molar-refractivity contribution is -0.873. The standard InChI is InChI=1S/C25H58N3O8.C7H16O5.C3H6O2.CH4O.3ClH/c1-26(2,3)11-21(29)14-33-18-24(17-32-10)36-20-25(35-16-23(31)13-28(7,8)9)19-34-15-22(30)12-27(4,5)6;1-11-5-7(3-9)12-4-6(10)2-8;1-3(4)5-2;1-2;;;/h21-25,29-31H,11-20H2,1-10H3;6-10H,2-5H2,1H3;1-2H3;2H,1H3;3*1H/q+3;;;;;;/p-3. The molecule has 0 heterocycles. The second kappa shape index (κ2) is 43.3. The average molecular weight is 921 g/mol. The molecule has 22 heteroatoms. The summed E-state index contributed by atoms with van der Waals surface area (Å²) >= 11 is 0. The maximum absolute atomic E-state index is 10.4. The number of esters is 1. The van der Waals surface area contributed by atoms with E-state index < -0.39 is 36.6 Å². The maximum atomic E-state index is 10.4. The first-order chi connectivity index (χ1) is 25.4. The van der Waals surface area contributed by atoms with Crippen molar-refractivity contribution in [1.82, 2.24) is 0 Å². The first-order valence-corrected chi connectivity index (χ1v) is 18.2. The van der Waals surface area contributed by atoms with Gasteiger partial charge in [0.1, 0.15) is 62.4 Å². The molecule has 0 radical (unpaired) electrons. The zero-order valence-electron chi connectivity index (χ0n) is 37.7. The van der Waals surface area contributed by atoms with Crippen LogP contribution in [0.15, 0.2) is 0 Å². The number of carbonyl (C=O) groups is 1. The fourth-order valence-electron chi connectivity index (χ4n) is 4.33. The first kappa shape index (κ1) is 72.1. The number of nitrogens with zero attached hydrogens (tertiary/aromatic N) is 3. The SMILES string of the molecule is CO.COC(C)=O.COCC(CO)OCC(O)CO.COCC(COCC(O)C[N+](C)(C)C)OCC(COCC(O)C[N+](C)(C)C)OCC(O)C[N+](C)(C)C.[Cl-].[Cl-].[Cl-]. The number of likely N-dealkylation sites (N-methyl/N-ethyl adjacent to an activating group) is 3. The molecule has 0 fully saturated rings. The number of methoxy groups -OCH3 is 3. The number of quaternary nitrogens is 3. The molecule has 0 aliphatic rings. The Kier molecular flexibility index (Phi) is 53.9. The average Bonchev–Trinajstić information content (AvgIpc) is 3.06. The lowest BCUT2D eigenvalue weighted by Gasteiger charge is -2.29. The molecule has 0 rings (SSSR count). The Morgan fingerprint density at radius 1 is 0.466 bits per heavy atom. The molecule has 7 atom stereocenters. The van der Waals surface area contributed by atoms with Gasteiger partial charge in [-0.25, -0.2) is 0 Å². The van der Waals surface area contributed by atoms with Crippen molar-refractivity contribution < 1.29 is 129 Å². The molecule has 0 amide bonds. The smallest absolute Gasteiger partial charge is 0.302 e. The molecule has 0 aromatic carbocycles. The van der Waals surface area contributed by atoms with Crippen molar-refractivity contribution in [2.75, 3.05) is 184 Å². The zero-order chi connectivity index (χ0) is 43.7. The molecule has 0 saturated heterocycles. The Morgan fingerprint density at radius 2 is 0.759 bits per heavy atom. The molecular formula is C36H84Cl3N3O16. The van der Waals surface area contributed by atoms with Crippen molar-refractivity contribution in [2.24, 2.45) is 0 Å². The van der Waals surface area contributed by atoms with Gasteiger partial charge in [-0.2, -0.15) is 0 Å². The largest absolute Gasteiger partial charge is 1.00 e. The molecular weight excluding hydrogens is 837 g/mol. The van der Waals surface area contributed by atoms with Crippen LogP contribution in [0.4, 0.5) is 0 Å². The lowest BCUT2D eigenvalue weighted by Crippen LogP contribution is -3.00. The zero-order valence-corrected chi connectivity index (χ0v) is 40.0. The van der Waals surface area contributed by atoms with Crippen LogP contribution in [-0.2, 0) is 42.7 Å². The predicted octanol–water partition coefficient (Wildman–Crippen LogP) is -12.2. The molecule has 0 bridgehead atoms. The van der Waals surface area contributed by atoms with Crippen LogP contribution in [0.1, 0.15) is 6.92 Å². The van der Waals surface area contributed by atoms with Crippen LogP contribution in [0.5, 0.6) is 0 Å². The van der Waals surface area contributed by atoms with Gasteiger partial charge in [-0.05, 0) is 0 Å². The topological polar surface area (TPSA) is 233 Å². The molecule has 0 spiro atoms. The molecule has 360 valence electrons. The molecule has 58 heavy (non-hydrogen) atoms. The van der Waals surface area contributed by atoms with E-state index in [1.54, 1.807) is 7.11 Å². The highest BCUT2D eigenvalue weighted by Crippen LogP contribution is 2.06. The minimum atomic E-state index is -0.893. The van der Waals surface area contributed by atoms with Crippen molar-refractivity contribution in [3.63, 3.8) is 0 Å². The Bertz CT molecular complexity index is 860. The summed E-state index contributed by atoms with van der Waals surface area (Å²) in [7, 11) is 23.5. The van der Waals surface area contributed by atoms with Crippen LogP contribution in [-0.4, -0.2) is 282 Å². The van der Waals surface area contributed by atoms with Gasteiger partial charge in [0.15, 0.2) is 0 Å². The molecule has 0 aromatic rings. The van der Waals surface area contributed by atoms with Crippen molar-refractivity contribution >= 4 is 5.97 Å². The quantitative estimate of drug-likeness (QED) is 0.0273. The Hall–Kier alpha value is -0.340. The number of ether oxygens (including phenoxy) is 8. The first-order valence-electron chi connectivity index (χ1n) is 18.2. The summed E-state index contributed by atoms with van der Waals surface area (Å²) in [4.78, 5) is 9.59. The fraction of sp³-hybridized carbons (Fsp3) is 0.972. The van der Waals surface area contributed by atoms with Crippen LogP contribution < -0.4 is 37.2 Å². The minimum Gasteiger partial charge on any atom is -1.00 e. The van der Waals surface area contributed by atoms with E-state index in [2.05, 4.69) is 4.74 Å². The van der Waals surface area contributed by atoms with Gasteiger partial charge in [0.05, 0.1) is 143 Å². The van der Waals surface area contributed by atoms with Gasteiger partial charge in [-0.1, -0.05) is 0 Å². The molecule has 7 N–H and O–H groups in total. The fourth-order valence-corrected chi connectivity index (χ4v) is 4.33. The highest BCUT2D eigenvalue weighted by atomic mass is 35.5. The van der Waals surface area contributed by atoms with Gasteiger partial charge in [0, 0.05) is 28.3 Å². The van der Waals surface area contributed by atoms with Crippen LogP contribution in [0.25, 0.3) is 0 Å². The number of hydrogen-bond donors (Lipinski definition) is 7. The minimum absolute atomic E-state index is 0. The van der Waals surface area contributed by atoms with Gasteiger partial charge in [0.25, 0.3) is 0 Å². The number of aliphatic hydroxyl groups excluding tert-OH is 7. The van der Waals surface area contributed by atoms with E-state index in [-0.39, 0.29) is 115 Å². The second-order valence-corrected chi connectivity index (χ2v) is 15.9. The summed E-state index contributed by atoms with van der Waals surface area (Å²) in [5.74, 6) is -0.245. The van der Waals surface area contributed by atoms with Crippen LogP contribution >= 0.6 is 0 Å². The lowest BCUT2D eigenvalue weighted by atomic mass is 10.3. The third-order valence-electron chi connectivity index (χ3n) is 6.48. The monoisotopic (exact) mass is 919 g/mol. The van der Waals surface area contributed by atoms with E-state index in [9.17, 15) is 20.1 Å². The van der Waals surface area contributed by atoms with Gasteiger partial charge in [-0.15, -0.1) is 0 Å². The molecule has 0 saturated carbocycles.